The van der Waals surface area contributed by atoms with E-state index < -0.39 is 10.8 Å². The van der Waals surface area contributed by atoms with E-state index in [0.717, 1.165) is 6.20 Å². The van der Waals surface area contributed by atoms with Gasteiger partial charge in [0, 0.05) is 5.56 Å². The molecule has 0 aliphatic carbocycles. The fourth-order valence-corrected chi connectivity index (χ4v) is 2.91. The summed E-state index contributed by atoms with van der Waals surface area (Å²) in [5.41, 5.74) is 2.44. The molecule has 3 rings (SSSR count). The highest BCUT2D eigenvalue weighted by Crippen LogP contribution is 2.22. The van der Waals surface area contributed by atoms with Gasteiger partial charge in [-0.3, -0.25) is 24.3 Å². The van der Waals surface area contributed by atoms with Crippen molar-refractivity contribution in [2.45, 2.75) is 33.9 Å². The Morgan fingerprint density at radius 1 is 1.21 bits per heavy atom. The van der Waals surface area contributed by atoms with Gasteiger partial charge in [0.15, 0.2) is 0 Å². The Hall–Kier alpha value is -3.56. The average molecular weight is 386 g/mol. The number of hydrogen-bond donors (Lipinski definition) is 1. The summed E-state index contributed by atoms with van der Waals surface area (Å²) < 4.78 is 16.8. The largest absolute Gasteiger partial charge is 0.321 e. The zero-order chi connectivity index (χ0) is 20.4. The van der Waals surface area contributed by atoms with Crippen LogP contribution in [-0.2, 0) is 17.9 Å². The molecule has 28 heavy (non-hydrogen) atoms. The molecule has 0 unspecified atom stereocenters. The maximum absolute atomic E-state index is 13.9. The summed E-state index contributed by atoms with van der Waals surface area (Å²) >= 11 is 0. The summed E-state index contributed by atoms with van der Waals surface area (Å²) in [4.78, 5) is 22.7. The van der Waals surface area contributed by atoms with Crippen molar-refractivity contribution in [3.05, 3.63) is 69.0 Å². The number of aryl methyl sites for hydroxylation is 1. The molecule has 9 nitrogen and oxygen atoms in total. The Bertz CT molecular complexity index is 1060. The molecule has 2 heterocycles. The molecule has 0 saturated carbocycles. The number of nitro groups is 1. The van der Waals surface area contributed by atoms with Crippen molar-refractivity contribution >= 4 is 17.3 Å². The lowest BCUT2D eigenvalue weighted by atomic mass is 10.2. The summed E-state index contributed by atoms with van der Waals surface area (Å²) in [6.07, 6.45) is 1.12. The van der Waals surface area contributed by atoms with Crippen molar-refractivity contribution in [2.24, 2.45) is 0 Å². The zero-order valence-electron chi connectivity index (χ0n) is 15.6. The highest BCUT2D eigenvalue weighted by atomic mass is 19.1. The molecule has 0 aliphatic heterocycles. The first-order valence-electron chi connectivity index (χ1n) is 8.52. The second kappa shape index (κ2) is 7.59. The van der Waals surface area contributed by atoms with E-state index in [9.17, 15) is 19.3 Å². The Morgan fingerprint density at radius 3 is 2.57 bits per heavy atom. The van der Waals surface area contributed by atoms with E-state index in [1.165, 1.54) is 17.7 Å². The van der Waals surface area contributed by atoms with Crippen molar-refractivity contribution in [1.29, 1.82) is 0 Å². The van der Waals surface area contributed by atoms with Crippen LogP contribution in [0.5, 0.6) is 0 Å². The molecule has 0 saturated heterocycles. The van der Waals surface area contributed by atoms with Gasteiger partial charge in [-0.25, -0.2) is 4.39 Å². The lowest BCUT2D eigenvalue weighted by Crippen LogP contribution is -2.21. The molecule has 10 heteroatoms. The Morgan fingerprint density at radius 2 is 1.93 bits per heavy atom. The average Bonchev–Trinajstić information content (AvgIpc) is 3.12. The summed E-state index contributed by atoms with van der Waals surface area (Å²) in [6.45, 7) is 5.11. The molecule has 1 amide bonds. The Kier molecular flexibility index (Phi) is 5.21. The Labute approximate surface area is 159 Å². The molecule has 0 atom stereocenters. The van der Waals surface area contributed by atoms with Crippen LogP contribution in [0.25, 0.3) is 0 Å². The van der Waals surface area contributed by atoms with Crippen LogP contribution >= 0.6 is 0 Å². The van der Waals surface area contributed by atoms with Gasteiger partial charge in [0.2, 0.25) is 5.91 Å². The topological polar surface area (TPSA) is 108 Å². The van der Waals surface area contributed by atoms with Crippen LogP contribution in [0.2, 0.25) is 0 Å². The van der Waals surface area contributed by atoms with Crippen LogP contribution in [0.1, 0.15) is 22.6 Å². The summed E-state index contributed by atoms with van der Waals surface area (Å²) in [6, 6.07) is 6.43. The molecule has 3 aromatic rings. The van der Waals surface area contributed by atoms with Crippen LogP contribution in [0.4, 0.5) is 15.8 Å². The maximum Gasteiger partial charge on any atom is 0.309 e. The first-order chi connectivity index (χ1) is 13.3. The highest BCUT2D eigenvalue weighted by Gasteiger charge is 2.20. The lowest BCUT2D eigenvalue weighted by Gasteiger charge is -2.08. The molecular weight excluding hydrogens is 367 g/mol. The molecule has 0 aliphatic rings. The Balaban J connectivity index is 1.76. The number of benzene rings is 1. The van der Waals surface area contributed by atoms with Crippen LogP contribution in [0, 0.1) is 36.7 Å². The van der Waals surface area contributed by atoms with Gasteiger partial charge in [-0.05, 0) is 26.8 Å². The minimum atomic E-state index is -0.544. The van der Waals surface area contributed by atoms with Crippen molar-refractivity contribution < 1.29 is 14.1 Å². The van der Waals surface area contributed by atoms with E-state index in [2.05, 4.69) is 15.5 Å². The number of aromatic nitrogens is 4. The third-order valence-corrected chi connectivity index (χ3v) is 4.49. The molecule has 0 radical (unpaired) electrons. The molecule has 146 valence electrons. The van der Waals surface area contributed by atoms with Crippen molar-refractivity contribution in [1.82, 2.24) is 19.6 Å². The highest BCUT2D eigenvalue weighted by molar-refractivity contribution is 5.91. The van der Waals surface area contributed by atoms with E-state index in [1.54, 1.807) is 36.7 Å². The molecule has 1 N–H and O–H groups in total. The van der Waals surface area contributed by atoms with Gasteiger partial charge in [-0.2, -0.15) is 10.2 Å². The number of carbonyl (C=O) groups is 1. The standard InChI is InChI=1S/C18H19FN6O3/c1-11-18(13(3)24(22-11)9-14-6-4-5-7-15(14)19)21-17(26)10-23-12(2)16(8-20-23)25(27)28/h4-8H,9-10H2,1-3H3,(H,21,26). The van der Waals surface area contributed by atoms with E-state index in [0.29, 0.717) is 28.3 Å². The zero-order valence-corrected chi connectivity index (χ0v) is 15.6. The summed E-state index contributed by atoms with van der Waals surface area (Å²) in [7, 11) is 0. The SMILES string of the molecule is Cc1nn(Cc2ccccc2F)c(C)c1NC(=O)Cn1ncc([N+](=O)[O-])c1C. The minimum absolute atomic E-state index is 0.141. The molecule has 0 fully saturated rings. The van der Waals surface area contributed by atoms with Gasteiger partial charge < -0.3 is 5.32 Å². The van der Waals surface area contributed by atoms with E-state index in [-0.39, 0.29) is 24.6 Å². The van der Waals surface area contributed by atoms with Crippen molar-refractivity contribution in [2.75, 3.05) is 5.32 Å². The number of carbonyl (C=O) groups excluding carboxylic acids is 1. The molecule has 2 aromatic heterocycles. The minimum Gasteiger partial charge on any atom is -0.321 e. The number of anilines is 1. The van der Waals surface area contributed by atoms with Gasteiger partial charge in [0.05, 0.1) is 28.5 Å². The number of hydrogen-bond acceptors (Lipinski definition) is 5. The molecular formula is C18H19FN6O3. The monoisotopic (exact) mass is 386 g/mol. The lowest BCUT2D eigenvalue weighted by molar-refractivity contribution is -0.385. The van der Waals surface area contributed by atoms with Crippen LogP contribution in [0.3, 0.4) is 0 Å². The van der Waals surface area contributed by atoms with E-state index in [4.69, 9.17) is 0 Å². The van der Waals surface area contributed by atoms with Gasteiger partial charge in [-0.15, -0.1) is 0 Å². The fraction of sp³-hybridized carbons (Fsp3) is 0.278. The second-order valence-corrected chi connectivity index (χ2v) is 6.37. The van der Waals surface area contributed by atoms with E-state index >= 15 is 0 Å². The quantitative estimate of drug-likeness (QED) is 0.518. The number of amides is 1. The molecule has 0 spiro atoms. The van der Waals surface area contributed by atoms with Gasteiger partial charge >= 0.3 is 5.69 Å². The number of rotatable bonds is 6. The van der Waals surface area contributed by atoms with E-state index in [1.807, 2.05) is 0 Å². The maximum atomic E-state index is 13.9. The number of nitrogens with one attached hydrogen (secondary N) is 1. The van der Waals surface area contributed by atoms with Crippen molar-refractivity contribution in [3.63, 3.8) is 0 Å². The van der Waals surface area contributed by atoms with Crippen molar-refractivity contribution in [3.8, 4) is 0 Å². The number of nitrogens with zero attached hydrogens (tertiary/aromatic N) is 5. The predicted molar refractivity (Wildman–Crippen MR) is 99.5 cm³/mol. The normalized spacial score (nSPS) is 10.9. The van der Waals surface area contributed by atoms with Crippen LogP contribution in [-0.4, -0.2) is 30.4 Å². The third-order valence-electron chi connectivity index (χ3n) is 4.49. The number of halogens is 1. The second-order valence-electron chi connectivity index (χ2n) is 6.37. The van der Waals surface area contributed by atoms with Crippen LogP contribution < -0.4 is 5.32 Å². The van der Waals surface area contributed by atoms with Gasteiger partial charge in [0.25, 0.3) is 0 Å². The molecule has 1 aromatic carbocycles. The van der Waals surface area contributed by atoms with Crippen LogP contribution in [0.15, 0.2) is 30.5 Å². The smallest absolute Gasteiger partial charge is 0.309 e. The first-order valence-corrected chi connectivity index (χ1v) is 8.52. The summed E-state index contributed by atoms with van der Waals surface area (Å²) in [5.74, 6) is -0.714. The van der Waals surface area contributed by atoms with Gasteiger partial charge in [-0.1, -0.05) is 18.2 Å². The summed E-state index contributed by atoms with van der Waals surface area (Å²) in [5, 5.41) is 21.9. The predicted octanol–water partition coefficient (Wildman–Crippen LogP) is 2.74. The fourth-order valence-electron chi connectivity index (χ4n) is 2.91. The third kappa shape index (κ3) is 3.75. The first kappa shape index (κ1) is 19.2. The molecule has 0 bridgehead atoms. The van der Waals surface area contributed by atoms with Gasteiger partial charge in [0.1, 0.15) is 24.3 Å².